The molecule has 254 valence electrons. The number of phosphoric acid groups is 1. The Morgan fingerprint density at radius 3 is 1.86 bits per heavy atom. The Labute approximate surface area is 264 Å². The predicted octanol–water partition coefficient (Wildman–Crippen LogP) is 8.24. The van der Waals surface area contributed by atoms with Crippen molar-refractivity contribution in [2.45, 2.75) is 148 Å². The van der Waals surface area contributed by atoms with Crippen LogP contribution in [-0.2, 0) is 18.4 Å². The molecule has 8 nitrogen and oxygen atoms in total. The van der Waals surface area contributed by atoms with Gasteiger partial charge in [0, 0.05) is 6.42 Å². The molecular weight excluding hydrogens is 563 g/mol. The van der Waals surface area contributed by atoms with E-state index >= 15 is 0 Å². The van der Waals surface area contributed by atoms with E-state index in [1.165, 1.54) is 77.0 Å². The number of phosphoric ester groups is 1. The number of amides is 1. The zero-order chi connectivity index (χ0) is 32.2. The summed E-state index contributed by atoms with van der Waals surface area (Å²) in [6.45, 7) is 4.72. The second kappa shape index (κ2) is 27.3. The number of rotatable bonds is 30. The summed E-state index contributed by atoms with van der Waals surface area (Å²) in [5.41, 5.74) is 0. The second-order valence-electron chi connectivity index (χ2n) is 12.9. The molecule has 1 unspecified atom stereocenters. The van der Waals surface area contributed by atoms with Crippen LogP contribution in [0.5, 0.6) is 0 Å². The number of nitrogens with zero attached hydrogens (tertiary/aromatic N) is 1. The Bertz CT molecular complexity index is 768. The number of likely N-dealkylation sites (N-methyl/N-ethyl adjacent to an activating group) is 1. The Kier molecular flexibility index (Phi) is 26.7. The molecule has 0 aromatic carbocycles. The fraction of sp³-hybridized carbons (Fsp3) is 0.853. The Balaban J connectivity index is 4.68. The van der Waals surface area contributed by atoms with E-state index in [0.717, 1.165) is 38.5 Å². The highest BCUT2D eigenvalue weighted by Gasteiger charge is 2.27. The highest BCUT2D eigenvalue weighted by Crippen LogP contribution is 2.43. The first-order valence-corrected chi connectivity index (χ1v) is 18.7. The van der Waals surface area contributed by atoms with Crippen LogP contribution in [0.15, 0.2) is 24.3 Å². The summed E-state index contributed by atoms with van der Waals surface area (Å²) in [5, 5.41) is 13.6. The van der Waals surface area contributed by atoms with Gasteiger partial charge in [-0.05, 0) is 32.1 Å². The van der Waals surface area contributed by atoms with Gasteiger partial charge >= 0.3 is 7.82 Å². The summed E-state index contributed by atoms with van der Waals surface area (Å²) < 4.78 is 23.3. The first-order valence-electron chi connectivity index (χ1n) is 17.2. The monoisotopic (exact) mass is 631 g/mol. The smallest absolute Gasteiger partial charge is 0.387 e. The molecular formula is C34H68N2O6P+. The largest absolute Gasteiger partial charge is 0.472 e. The van der Waals surface area contributed by atoms with E-state index in [1.807, 2.05) is 27.2 Å². The molecule has 9 heteroatoms. The summed E-state index contributed by atoms with van der Waals surface area (Å²) in [5.74, 6) is -0.194. The maximum absolute atomic E-state index is 12.7. The van der Waals surface area contributed by atoms with Crippen LogP contribution in [0.1, 0.15) is 136 Å². The molecule has 0 saturated heterocycles. The zero-order valence-electron chi connectivity index (χ0n) is 28.4. The van der Waals surface area contributed by atoms with Crippen molar-refractivity contribution in [1.82, 2.24) is 5.32 Å². The molecule has 0 fully saturated rings. The van der Waals surface area contributed by atoms with Crippen LogP contribution in [0.4, 0.5) is 0 Å². The van der Waals surface area contributed by atoms with Crippen molar-refractivity contribution in [3.8, 4) is 0 Å². The van der Waals surface area contributed by atoms with Gasteiger partial charge in [0.2, 0.25) is 5.91 Å². The molecule has 0 aliphatic carbocycles. The molecule has 0 rings (SSSR count). The highest BCUT2D eigenvalue weighted by molar-refractivity contribution is 7.47. The molecule has 3 N–H and O–H groups in total. The number of unbranched alkanes of at least 4 members (excludes halogenated alkanes) is 15. The highest BCUT2D eigenvalue weighted by atomic mass is 31.2. The number of carbonyl (C=O) groups excluding carboxylic acids is 1. The number of quaternary nitrogens is 1. The number of hydrogen-bond acceptors (Lipinski definition) is 5. The van der Waals surface area contributed by atoms with Gasteiger partial charge in [-0.15, -0.1) is 0 Å². The van der Waals surface area contributed by atoms with Crippen LogP contribution in [0, 0.1) is 0 Å². The van der Waals surface area contributed by atoms with Crippen LogP contribution < -0.4 is 5.32 Å². The van der Waals surface area contributed by atoms with Crippen LogP contribution in [0.3, 0.4) is 0 Å². The Morgan fingerprint density at radius 1 is 0.767 bits per heavy atom. The molecule has 0 spiro atoms. The van der Waals surface area contributed by atoms with E-state index in [1.54, 1.807) is 6.08 Å². The first-order chi connectivity index (χ1) is 20.5. The van der Waals surface area contributed by atoms with Crippen LogP contribution >= 0.6 is 7.82 Å². The summed E-state index contributed by atoms with van der Waals surface area (Å²) in [6.07, 6.45) is 28.2. The van der Waals surface area contributed by atoms with Crippen molar-refractivity contribution < 1.29 is 32.9 Å². The summed E-state index contributed by atoms with van der Waals surface area (Å²) in [4.78, 5) is 22.8. The maximum atomic E-state index is 12.7. The van der Waals surface area contributed by atoms with Crippen LogP contribution in [0.2, 0.25) is 0 Å². The molecule has 0 aromatic rings. The number of allylic oxidation sites excluding steroid dienone is 3. The van der Waals surface area contributed by atoms with Gasteiger partial charge in [0.25, 0.3) is 0 Å². The molecule has 0 aromatic heterocycles. The van der Waals surface area contributed by atoms with Crippen LogP contribution in [-0.4, -0.2) is 73.4 Å². The number of aliphatic hydroxyl groups excluding tert-OH is 1. The van der Waals surface area contributed by atoms with Crippen molar-refractivity contribution in [2.75, 3.05) is 40.9 Å². The quantitative estimate of drug-likeness (QED) is 0.0319. The molecule has 0 aliphatic heterocycles. The molecule has 0 radical (unpaired) electrons. The van der Waals surface area contributed by atoms with Crippen molar-refractivity contribution in [1.29, 1.82) is 0 Å². The lowest BCUT2D eigenvalue weighted by molar-refractivity contribution is -0.870. The molecule has 3 atom stereocenters. The van der Waals surface area contributed by atoms with Crippen LogP contribution in [0.25, 0.3) is 0 Å². The lowest BCUT2D eigenvalue weighted by Gasteiger charge is -2.25. The van der Waals surface area contributed by atoms with E-state index in [2.05, 4.69) is 31.3 Å². The minimum Gasteiger partial charge on any atom is -0.387 e. The fourth-order valence-electron chi connectivity index (χ4n) is 4.58. The van der Waals surface area contributed by atoms with Crippen molar-refractivity contribution >= 4 is 13.7 Å². The Morgan fingerprint density at radius 2 is 1.28 bits per heavy atom. The number of nitrogens with one attached hydrogen (secondary N) is 1. The van der Waals surface area contributed by atoms with E-state index in [-0.39, 0.29) is 19.1 Å². The third-order valence-electron chi connectivity index (χ3n) is 7.42. The second-order valence-corrected chi connectivity index (χ2v) is 14.3. The number of aliphatic hydroxyl groups is 1. The van der Waals surface area contributed by atoms with Gasteiger partial charge in [0.05, 0.1) is 39.9 Å². The van der Waals surface area contributed by atoms with Crippen molar-refractivity contribution in [3.63, 3.8) is 0 Å². The molecule has 0 aliphatic rings. The van der Waals surface area contributed by atoms with Gasteiger partial charge in [-0.25, -0.2) is 4.57 Å². The minimum atomic E-state index is -4.32. The van der Waals surface area contributed by atoms with E-state index < -0.39 is 20.0 Å². The lowest BCUT2D eigenvalue weighted by Crippen LogP contribution is -2.45. The minimum absolute atomic E-state index is 0.0573. The SMILES string of the molecule is CCCCCCCC/C=C/CC/C=C/[C@@H](O)[C@H](COP(=O)(O)OCC[N+](C)(C)C)NC(=O)CCCCCCCCCCC. The van der Waals surface area contributed by atoms with Gasteiger partial charge in [0.1, 0.15) is 13.2 Å². The Hall–Kier alpha value is -1.02. The molecule has 0 saturated carbocycles. The van der Waals surface area contributed by atoms with Gasteiger partial charge in [-0.3, -0.25) is 13.8 Å². The molecule has 43 heavy (non-hydrogen) atoms. The lowest BCUT2D eigenvalue weighted by atomic mass is 10.1. The number of carbonyl (C=O) groups is 1. The average molecular weight is 632 g/mol. The van der Waals surface area contributed by atoms with E-state index in [0.29, 0.717) is 17.4 Å². The average Bonchev–Trinajstić information content (AvgIpc) is 2.94. The summed E-state index contributed by atoms with van der Waals surface area (Å²) in [6, 6.07) is -0.854. The molecule has 0 bridgehead atoms. The molecule has 0 heterocycles. The van der Waals surface area contributed by atoms with Gasteiger partial charge in [-0.1, -0.05) is 122 Å². The first kappa shape index (κ1) is 42.0. The third kappa shape index (κ3) is 29.5. The van der Waals surface area contributed by atoms with E-state index in [4.69, 9.17) is 9.05 Å². The number of hydrogen-bond donors (Lipinski definition) is 3. The van der Waals surface area contributed by atoms with Gasteiger partial charge in [-0.2, -0.15) is 0 Å². The summed E-state index contributed by atoms with van der Waals surface area (Å²) >= 11 is 0. The zero-order valence-corrected chi connectivity index (χ0v) is 29.3. The van der Waals surface area contributed by atoms with Gasteiger partial charge < -0.3 is 19.8 Å². The van der Waals surface area contributed by atoms with Gasteiger partial charge in [0.15, 0.2) is 0 Å². The predicted molar refractivity (Wildman–Crippen MR) is 180 cm³/mol. The standard InChI is InChI=1S/C34H67N2O6P/c1-6-8-10-12-14-16-17-18-20-21-23-25-27-33(37)32(31-42-43(39,40)41-30-29-36(3,4)5)35-34(38)28-26-24-22-19-15-13-11-9-7-2/h18,20,25,27,32-33,37H,6-17,19,21-24,26,28-31H2,1-5H3,(H-,35,38,39,40)/p+1/b20-18+,27-25+/t32-,33+/m0/s1. The fourth-order valence-corrected chi connectivity index (χ4v) is 5.32. The normalized spacial score (nSPS) is 15.2. The topological polar surface area (TPSA) is 105 Å². The molecule has 1 amide bonds. The third-order valence-corrected chi connectivity index (χ3v) is 8.41. The van der Waals surface area contributed by atoms with E-state index in [9.17, 15) is 19.4 Å². The summed E-state index contributed by atoms with van der Waals surface area (Å²) in [7, 11) is 1.55. The van der Waals surface area contributed by atoms with Crippen molar-refractivity contribution in [2.24, 2.45) is 0 Å². The van der Waals surface area contributed by atoms with Crippen molar-refractivity contribution in [3.05, 3.63) is 24.3 Å². The maximum Gasteiger partial charge on any atom is 0.472 e.